The average molecular weight is 297 g/mol. The van der Waals surface area contributed by atoms with Crippen molar-refractivity contribution in [2.75, 3.05) is 6.61 Å². The summed E-state index contributed by atoms with van der Waals surface area (Å²) in [7, 11) is 0. The summed E-state index contributed by atoms with van der Waals surface area (Å²) in [5.74, 6) is 0. The predicted octanol–water partition coefficient (Wildman–Crippen LogP) is 4.61. The first-order valence-corrected chi connectivity index (χ1v) is 7.76. The molecule has 1 unspecified atom stereocenters. The van der Waals surface area contributed by atoms with E-state index in [2.05, 4.69) is 25.2 Å². The number of hydrogen-bond donors (Lipinski definition) is 1. The molecule has 0 heterocycles. The number of nitrogens with one attached hydrogen (secondary N) is 1. The lowest BCUT2D eigenvalue weighted by Crippen LogP contribution is -2.30. The summed E-state index contributed by atoms with van der Waals surface area (Å²) in [5, 5.41) is 2.99. The largest absolute Gasteiger partial charge is 0.450 e. The summed E-state index contributed by atoms with van der Waals surface area (Å²) in [4.78, 5) is 12.1. The Bertz CT molecular complexity index is 595. The third-order valence-electron chi connectivity index (χ3n) is 3.63. The van der Waals surface area contributed by atoms with Crippen LogP contribution in [-0.4, -0.2) is 12.7 Å². The summed E-state index contributed by atoms with van der Waals surface area (Å²) in [6.07, 6.45) is 1.52. The van der Waals surface area contributed by atoms with Crippen LogP contribution in [0.1, 0.15) is 42.5 Å². The molecule has 1 atom stereocenters. The van der Waals surface area contributed by atoms with Gasteiger partial charge in [-0.15, -0.1) is 0 Å². The first-order valence-electron chi connectivity index (χ1n) is 7.76. The molecule has 0 aliphatic heterocycles. The van der Waals surface area contributed by atoms with Crippen LogP contribution in [0.4, 0.5) is 4.79 Å². The normalized spacial score (nSPS) is 11.7. The number of amides is 1. The Labute approximate surface area is 132 Å². The molecule has 3 heteroatoms. The highest BCUT2D eigenvalue weighted by Crippen LogP contribution is 2.24. The Balaban J connectivity index is 2.20. The van der Waals surface area contributed by atoms with Crippen molar-refractivity contribution in [1.82, 2.24) is 5.32 Å². The quantitative estimate of drug-likeness (QED) is 0.791. The van der Waals surface area contributed by atoms with Crippen LogP contribution in [0.25, 0.3) is 0 Å². The summed E-state index contributed by atoms with van der Waals surface area (Å²) < 4.78 is 5.25. The smallest absolute Gasteiger partial charge is 0.407 e. The number of carbonyl (C=O) groups is 1. The van der Waals surface area contributed by atoms with E-state index in [4.69, 9.17) is 4.74 Å². The Morgan fingerprint density at radius 1 is 1.09 bits per heavy atom. The molecule has 3 nitrogen and oxygen atoms in total. The lowest BCUT2D eigenvalue weighted by molar-refractivity contribution is 0.142. The molecule has 1 amide bonds. The second-order valence-electron chi connectivity index (χ2n) is 5.33. The molecule has 22 heavy (non-hydrogen) atoms. The predicted molar refractivity (Wildman–Crippen MR) is 88.9 cm³/mol. The van der Waals surface area contributed by atoms with E-state index in [0.717, 1.165) is 29.5 Å². The van der Waals surface area contributed by atoms with Crippen molar-refractivity contribution >= 4 is 6.09 Å². The van der Waals surface area contributed by atoms with Crippen molar-refractivity contribution in [2.24, 2.45) is 0 Å². The van der Waals surface area contributed by atoms with Crippen molar-refractivity contribution in [1.29, 1.82) is 0 Å². The molecule has 0 bridgehead atoms. The highest BCUT2D eigenvalue weighted by Gasteiger charge is 2.18. The molecule has 2 rings (SSSR count). The third kappa shape index (κ3) is 4.35. The second kappa shape index (κ2) is 8.23. The number of aryl methyl sites for hydroxylation is 1. The van der Waals surface area contributed by atoms with E-state index >= 15 is 0 Å². The number of alkyl carbamates (subject to hydrolysis) is 1. The number of rotatable bonds is 6. The second-order valence-corrected chi connectivity index (χ2v) is 5.33. The van der Waals surface area contributed by atoms with Gasteiger partial charge < -0.3 is 10.1 Å². The molecule has 0 aliphatic carbocycles. The van der Waals surface area contributed by atoms with E-state index in [9.17, 15) is 4.79 Å². The van der Waals surface area contributed by atoms with Crippen LogP contribution in [0, 0.1) is 6.92 Å². The van der Waals surface area contributed by atoms with Gasteiger partial charge in [0.2, 0.25) is 0 Å². The van der Waals surface area contributed by atoms with Gasteiger partial charge >= 0.3 is 6.09 Å². The van der Waals surface area contributed by atoms with Gasteiger partial charge in [0.15, 0.2) is 0 Å². The van der Waals surface area contributed by atoms with Crippen LogP contribution in [-0.2, 0) is 4.74 Å². The molecular weight excluding hydrogens is 274 g/mol. The van der Waals surface area contributed by atoms with Crippen LogP contribution in [0.15, 0.2) is 54.6 Å². The van der Waals surface area contributed by atoms with Crippen molar-refractivity contribution < 1.29 is 9.53 Å². The van der Waals surface area contributed by atoms with Crippen molar-refractivity contribution in [3.8, 4) is 0 Å². The summed E-state index contributed by atoms with van der Waals surface area (Å²) in [6, 6.07) is 17.8. The summed E-state index contributed by atoms with van der Waals surface area (Å²) in [6.45, 7) is 4.58. The summed E-state index contributed by atoms with van der Waals surface area (Å²) in [5.41, 5.74) is 3.27. The fraction of sp³-hybridized carbons (Fsp3) is 0.316. The number of carbonyl (C=O) groups excluding carboxylic acids is 1. The fourth-order valence-corrected chi connectivity index (χ4v) is 2.37. The maximum absolute atomic E-state index is 12.1. The van der Waals surface area contributed by atoms with Crippen LogP contribution in [0.5, 0.6) is 0 Å². The molecule has 0 radical (unpaired) electrons. The van der Waals surface area contributed by atoms with Crippen molar-refractivity contribution in [3.63, 3.8) is 0 Å². The van der Waals surface area contributed by atoms with Crippen LogP contribution >= 0.6 is 0 Å². The third-order valence-corrected chi connectivity index (χ3v) is 3.63. The summed E-state index contributed by atoms with van der Waals surface area (Å²) >= 11 is 0. The Morgan fingerprint density at radius 3 is 2.45 bits per heavy atom. The van der Waals surface area contributed by atoms with Gasteiger partial charge in [-0.2, -0.15) is 0 Å². The molecule has 0 saturated heterocycles. The fourth-order valence-electron chi connectivity index (χ4n) is 2.37. The minimum absolute atomic E-state index is 0.198. The van der Waals surface area contributed by atoms with E-state index < -0.39 is 0 Å². The molecule has 0 spiro atoms. The molecule has 2 aromatic rings. The van der Waals surface area contributed by atoms with E-state index in [1.807, 2.05) is 48.5 Å². The van der Waals surface area contributed by atoms with Gasteiger partial charge in [0.25, 0.3) is 0 Å². The lowest BCUT2D eigenvalue weighted by atomic mass is 9.95. The van der Waals surface area contributed by atoms with Gasteiger partial charge in [0, 0.05) is 0 Å². The van der Waals surface area contributed by atoms with E-state index in [-0.39, 0.29) is 12.1 Å². The van der Waals surface area contributed by atoms with Gasteiger partial charge in [-0.1, -0.05) is 67.9 Å². The maximum Gasteiger partial charge on any atom is 0.407 e. The molecule has 1 N–H and O–H groups in total. The van der Waals surface area contributed by atoms with Gasteiger partial charge in [0.1, 0.15) is 0 Å². The van der Waals surface area contributed by atoms with E-state index in [1.54, 1.807) is 0 Å². The maximum atomic E-state index is 12.1. The molecule has 0 aromatic heterocycles. The molecule has 2 aromatic carbocycles. The molecule has 0 aliphatic rings. The highest BCUT2D eigenvalue weighted by molar-refractivity contribution is 5.69. The van der Waals surface area contributed by atoms with Crippen LogP contribution < -0.4 is 5.32 Å². The van der Waals surface area contributed by atoms with Gasteiger partial charge in [-0.3, -0.25) is 0 Å². The molecule has 0 saturated carbocycles. The van der Waals surface area contributed by atoms with E-state index in [0.29, 0.717) is 6.61 Å². The first-order chi connectivity index (χ1) is 10.7. The molecule has 116 valence electrons. The minimum Gasteiger partial charge on any atom is -0.450 e. The first kappa shape index (κ1) is 16.1. The van der Waals surface area contributed by atoms with Crippen LogP contribution in [0.3, 0.4) is 0 Å². The van der Waals surface area contributed by atoms with E-state index in [1.165, 1.54) is 0 Å². The van der Waals surface area contributed by atoms with Gasteiger partial charge in [-0.05, 0) is 30.0 Å². The SMILES string of the molecule is CCCCOC(=O)NC(c1ccccc1)c1ccccc1C. The van der Waals surface area contributed by atoms with Gasteiger partial charge in [-0.25, -0.2) is 4.79 Å². The zero-order valence-corrected chi connectivity index (χ0v) is 13.2. The average Bonchev–Trinajstić information content (AvgIpc) is 2.54. The van der Waals surface area contributed by atoms with Crippen LogP contribution in [0.2, 0.25) is 0 Å². The number of hydrogen-bond acceptors (Lipinski definition) is 2. The van der Waals surface area contributed by atoms with Gasteiger partial charge in [0.05, 0.1) is 12.6 Å². The van der Waals surface area contributed by atoms with Crippen molar-refractivity contribution in [3.05, 3.63) is 71.3 Å². The number of unbranched alkanes of at least 4 members (excludes halogenated alkanes) is 1. The Kier molecular flexibility index (Phi) is 6.01. The molecular formula is C19H23NO2. The lowest BCUT2D eigenvalue weighted by Gasteiger charge is -2.21. The Hall–Kier alpha value is -2.29. The minimum atomic E-state index is -0.370. The highest BCUT2D eigenvalue weighted by atomic mass is 16.5. The number of benzene rings is 2. The zero-order chi connectivity index (χ0) is 15.8. The topological polar surface area (TPSA) is 38.3 Å². The monoisotopic (exact) mass is 297 g/mol. The van der Waals surface area contributed by atoms with Crippen molar-refractivity contribution in [2.45, 2.75) is 32.7 Å². The zero-order valence-electron chi connectivity index (χ0n) is 13.2. The molecule has 0 fully saturated rings. The number of ether oxygens (including phenoxy) is 1. The Morgan fingerprint density at radius 2 is 1.77 bits per heavy atom. The standard InChI is InChI=1S/C19H23NO2/c1-3-4-14-22-19(21)20-18(16-11-6-5-7-12-16)17-13-9-8-10-15(17)2/h5-13,18H,3-4,14H2,1-2H3,(H,20,21).